The van der Waals surface area contributed by atoms with Gasteiger partial charge in [0.25, 0.3) is 0 Å². The van der Waals surface area contributed by atoms with Gasteiger partial charge in [0.1, 0.15) is 0 Å². The maximum Gasteiger partial charge on any atom is 0.0455 e. The second-order valence-corrected chi connectivity index (χ2v) is 20.1. The van der Waals surface area contributed by atoms with E-state index in [4.69, 9.17) is 0 Å². The van der Waals surface area contributed by atoms with Gasteiger partial charge in [-0.15, -0.1) is 68.0 Å². The second-order valence-electron chi connectivity index (χ2n) is 13.6. The predicted octanol–water partition coefficient (Wildman–Crippen LogP) is 17.3. The molecule has 0 atom stereocenters. The Hall–Kier alpha value is -4.92. The minimum absolute atomic E-state index is 1.28. The van der Waals surface area contributed by atoms with Gasteiger partial charge < -0.3 is 0 Å². The molecular formula is C48H26S6. The smallest absolute Gasteiger partial charge is 0.0455 e. The average Bonchev–Trinajstić information content (AvgIpc) is 4.07. The first-order valence-corrected chi connectivity index (χ1v) is 22.7. The average molecular weight is 795 g/mol. The maximum atomic E-state index is 2.44. The molecule has 0 spiro atoms. The lowest BCUT2D eigenvalue weighted by Gasteiger charge is -2.01. The summed E-state index contributed by atoms with van der Waals surface area (Å²) < 4.78 is 5.38. The van der Waals surface area contributed by atoms with Gasteiger partial charge in [0.2, 0.25) is 0 Å². The summed E-state index contributed by atoms with van der Waals surface area (Å²) in [5, 5.41) is 10.8. The van der Waals surface area contributed by atoms with E-state index in [-0.39, 0.29) is 0 Å². The lowest BCUT2D eigenvalue weighted by molar-refractivity contribution is 1.70. The summed E-state index contributed by atoms with van der Waals surface area (Å²) in [5.41, 5.74) is 2.56. The van der Waals surface area contributed by atoms with Crippen LogP contribution >= 0.6 is 68.0 Å². The van der Waals surface area contributed by atoms with Gasteiger partial charge in [-0.3, -0.25) is 0 Å². The lowest BCUT2D eigenvalue weighted by Crippen LogP contribution is -1.74. The van der Waals surface area contributed by atoms with Crippen molar-refractivity contribution in [3.05, 3.63) is 158 Å². The summed E-state index contributed by atoms with van der Waals surface area (Å²) >= 11 is 11.4. The van der Waals surface area contributed by atoms with E-state index in [2.05, 4.69) is 158 Å². The Balaban J connectivity index is 0.909. The Kier molecular flexibility index (Phi) is 7.16. The van der Waals surface area contributed by atoms with E-state index in [9.17, 15) is 0 Å². The molecule has 0 aliphatic heterocycles. The summed E-state index contributed by atoms with van der Waals surface area (Å²) in [5.74, 6) is 0. The molecule has 6 heteroatoms. The molecule has 12 aromatic rings. The van der Waals surface area contributed by atoms with E-state index in [1.807, 2.05) is 68.0 Å². The SMILES string of the molecule is c1ccc(-c2ccc(-c3cc4c(ccc5c6cc(-c7cc8c(ccc9c%10cc(-c%11ccc(-c%12ccccc%12)s%11)sc%10ccc89)s7)sc6ccc45)s3)s2)cc1. The highest BCUT2D eigenvalue weighted by Gasteiger charge is 2.17. The molecule has 0 N–H and O–H groups in total. The third-order valence-corrected chi connectivity index (χ3v) is 17.7. The normalized spacial score (nSPS) is 12.1. The van der Waals surface area contributed by atoms with Crippen molar-refractivity contribution in [2.24, 2.45) is 0 Å². The molecule has 0 fully saturated rings. The third-order valence-electron chi connectivity index (χ3n) is 10.4. The predicted molar refractivity (Wildman–Crippen MR) is 246 cm³/mol. The largest absolute Gasteiger partial charge is 0.134 e. The van der Waals surface area contributed by atoms with Crippen molar-refractivity contribution in [2.75, 3.05) is 0 Å². The topological polar surface area (TPSA) is 0 Å². The fourth-order valence-corrected chi connectivity index (χ4v) is 14.4. The van der Waals surface area contributed by atoms with Crippen molar-refractivity contribution >= 4 is 130 Å². The van der Waals surface area contributed by atoms with Crippen LogP contribution in [-0.4, -0.2) is 0 Å². The molecule has 6 aromatic carbocycles. The van der Waals surface area contributed by atoms with Crippen LogP contribution in [0.15, 0.2) is 158 Å². The van der Waals surface area contributed by atoms with Crippen LogP contribution in [0, 0.1) is 0 Å². The first-order valence-electron chi connectivity index (χ1n) is 17.8. The van der Waals surface area contributed by atoms with Crippen LogP contribution in [-0.2, 0) is 0 Å². The molecule has 0 aliphatic carbocycles. The summed E-state index contributed by atoms with van der Waals surface area (Å²) in [6.45, 7) is 0. The molecule has 6 aromatic heterocycles. The van der Waals surface area contributed by atoms with Gasteiger partial charge in [-0.05, 0) is 105 Å². The zero-order chi connectivity index (χ0) is 35.3. The fourth-order valence-electron chi connectivity index (χ4n) is 7.83. The lowest BCUT2D eigenvalue weighted by atomic mass is 10.0. The number of hydrogen-bond acceptors (Lipinski definition) is 6. The molecule has 0 saturated carbocycles. The molecule has 0 nitrogen and oxygen atoms in total. The van der Waals surface area contributed by atoms with Gasteiger partial charge in [-0.25, -0.2) is 0 Å². The monoisotopic (exact) mass is 794 g/mol. The molecule has 54 heavy (non-hydrogen) atoms. The first kappa shape index (κ1) is 31.4. The van der Waals surface area contributed by atoms with Crippen LogP contribution in [0.5, 0.6) is 0 Å². The number of hydrogen-bond donors (Lipinski definition) is 0. The first-order chi connectivity index (χ1) is 26.7. The molecule has 12 rings (SSSR count). The van der Waals surface area contributed by atoms with E-state index < -0.39 is 0 Å². The van der Waals surface area contributed by atoms with E-state index in [1.165, 1.54) is 112 Å². The van der Waals surface area contributed by atoms with Crippen molar-refractivity contribution in [2.45, 2.75) is 0 Å². The minimum atomic E-state index is 1.28. The van der Waals surface area contributed by atoms with E-state index in [1.54, 1.807) is 0 Å². The molecule has 0 aliphatic rings. The van der Waals surface area contributed by atoms with Crippen LogP contribution < -0.4 is 0 Å². The standard InChI is InChI=1S/C48H26S6/c1-3-7-27(8-4-1)37-19-21-43(49-37)45-23-33-29-13-17-41-35(31(29)11-15-39(33)51-45)25-47(53-41)48-26-36-32-12-16-40-34(30(32)14-18-42(36)54-48)24-46(52-40)44-22-20-38(50-44)28-9-5-2-6-10-28/h1-26H. The molecule has 0 radical (unpaired) electrons. The van der Waals surface area contributed by atoms with Crippen molar-refractivity contribution in [3.8, 4) is 50.1 Å². The molecule has 0 saturated heterocycles. The van der Waals surface area contributed by atoms with Crippen LogP contribution in [0.25, 0.3) is 112 Å². The Labute approximate surface area is 335 Å². The minimum Gasteiger partial charge on any atom is -0.134 e. The number of fused-ring (bicyclic) bond motifs is 10. The van der Waals surface area contributed by atoms with Crippen LogP contribution in [0.3, 0.4) is 0 Å². The van der Waals surface area contributed by atoms with Crippen LogP contribution in [0.4, 0.5) is 0 Å². The van der Waals surface area contributed by atoms with Gasteiger partial charge in [0, 0.05) is 79.4 Å². The number of benzene rings is 6. The molecule has 0 unspecified atom stereocenters. The Morgan fingerprint density at radius 1 is 0.204 bits per heavy atom. The van der Waals surface area contributed by atoms with Gasteiger partial charge >= 0.3 is 0 Å². The van der Waals surface area contributed by atoms with Crippen molar-refractivity contribution in [1.82, 2.24) is 0 Å². The zero-order valence-electron chi connectivity index (χ0n) is 28.5. The summed E-state index contributed by atoms with van der Waals surface area (Å²) in [6.07, 6.45) is 0. The Morgan fingerprint density at radius 3 is 0.833 bits per heavy atom. The highest BCUT2D eigenvalue weighted by atomic mass is 32.1. The maximum absolute atomic E-state index is 2.44. The van der Waals surface area contributed by atoms with Crippen molar-refractivity contribution < 1.29 is 0 Å². The molecule has 6 heterocycles. The number of thiophene rings is 6. The molecule has 254 valence electrons. The van der Waals surface area contributed by atoms with E-state index in [0.29, 0.717) is 0 Å². The van der Waals surface area contributed by atoms with Gasteiger partial charge in [-0.2, -0.15) is 0 Å². The summed E-state index contributed by atoms with van der Waals surface area (Å²) in [7, 11) is 0. The summed E-state index contributed by atoms with van der Waals surface area (Å²) in [4.78, 5) is 10.7. The van der Waals surface area contributed by atoms with Crippen molar-refractivity contribution in [3.63, 3.8) is 0 Å². The molecule has 0 amide bonds. The second kappa shape index (κ2) is 12.3. The molecular weight excluding hydrogens is 769 g/mol. The molecule has 0 bridgehead atoms. The number of rotatable bonds is 5. The fraction of sp³-hybridized carbons (Fsp3) is 0. The van der Waals surface area contributed by atoms with E-state index in [0.717, 1.165) is 0 Å². The van der Waals surface area contributed by atoms with Gasteiger partial charge in [0.15, 0.2) is 0 Å². The Morgan fingerprint density at radius 2 is 0.500 bits per heavy atom. The van der Waals surface area contributed by atoms with Gasteiger partial charge in [-0.1, -0.05) is 84.9 Å². The summed E-state index contributed by atoms with van der Waals surface area (Å²) in [6, 6.07) is 58.9. The van der Waals surface area contributed by atoms with Gasteiger partial charge in [0.05, 0.1) is 0 Å². The van der Waals surface area contributed by atoms with Crippen LogP contribution in [0.1, 0.15) is 0 Å². The Bertz CT molecular complexity index is 3150. The van der Waals surface area contributed by atoms with Crippen LogP contribution in [0.2, 0.25) is 0 Å². The van der Waals surface area contributed by atoms with Crippen molar-refractivity contribution in [1.29, 1.82) is 0 Å². The zero-order valence-corrected chi connectivity index (χ0v) is 33.4. The highest BCUT2D eigenvalue weighted by Crippen LogP contribution is 2.48. The third kappa shape index (κ3) is 5.02. The van der Waals surface area contributed by atoms with E-state index >= 15 is 0 Å². The quantitative estimate of drug-likeness (QED) is 0.163. The highest BCUT2D eigenvalue weighted by molar-refractivity contribution is 7.29.